The second kappa shape index (κ2) is 4.81. The van der Waals surface area contributed by atoms with Crippen LogP contribution < -0.4 is 10.6 Å². The summed E-state index contributed by atoms with van der Waals surface area (Å²) in [5, 5.41) is 1.11. The number of carbonyl (C=O) groups excluding carboxylic acids is 1. The number of pyridine rings is 1. The molecule has 1 aromatic carbocycles. The fourth-order valence-corrected chi connectivity index (χ4v) is 2.94. The molecule has 1 aliphatic heterocycles. The van der Waals surface area contributed by atoms with Crippen LogP contribution in [0.25, 0.3) is 10.9 Å². The number of amides is 1. The smallest absolute Gasteiger partial charge is 0.222 e. The van der Waals surface area contributed by atoms with Crippen molar-refractivity contribution in [1.29, 1.82) is 0 Å². The summed E-state index contributed by atoms with van der Waals surface area (Å²) in [5.74, 6) is -0.248. The molecule has 0 aliphatic carbocycles. The number of hydrogen-bond acceptors (Lipinski definition) is 3. The van der Waals surface area contributed by atoms with Gasteiger partial charge in [0.2, 0.25) is 5.91 Å². The summed E-state index contributed by atoms with van der Waals surface area (Å²) in [6.45, 7) is 1.56. The molecular weight excluding hydrogens is 306 g/mol. The van der Waals surface area contributed by atoms with Crippen molar-refractivity contribution in [2.75, 3.05) is 18.0 Å². The number of hydrogen-bond donors (Lipinski definition) is 1. The van der Waals surface area contributed by atoms with Crippen molar-refractivity contribution in [3.05, 3.63) is 34.9 Å². The fourth-order valence-electron chi connectivity index (χ4n) is 2.59. The molecule has 19 heavy (non-hydrogen) atoms. The van der Waals surface area contributed by atoms with Gasteiger partial charge in [-0.15, -0.1) is 0 Å². The van der Waals surface area contributed by atoms with E-state index >= 15 is 0 Å². The molecule has 1 aliphatic rings. The molecule has 1 aromatic heterocycles. The van der Waals surface area contributed by atoms with Gasteiger partial charge in [-0.1, -0.05) is 15.9 Å². The van der Waals surface area contributed by atoms with Crippen LogP contribution >= 0.6 is 15.9 Å². The summed E-state index contributed by atoms with van der Waals surface area (Å²) in [6, 6.07) is 8.06. The topological polar surface area (TPSA) is 59.2 Å². The normalized spacial score (nSPS) is 19.0. The number of carbonyl (C=O) groups is 1. The molecule has 4 nitrogen and oxygen atoms in total. The molecule has 1 fully saturated rings. The molecule has 1 amide bonds. The average Bonchev–Trinajstić information content (AvgIpc) is 2.87. The Labute approximate surface area is 119 Å². The Hall–Kier alpha value is -1.62. The molecule has 2 aromatic rings. The summed E-state index contributed by atoms with van der Waals surface area (Å²) in [5.41, 5.74) is 7.47. The first-order chi connectivity index (χ1) is 9.15. The van der Waals surface area contributed by atoms with Crippen LogP contribution in [0.1, 0.15) is 6.42 Å². The molecule has 0 saturated carbocycles. The van der Waals surface area contributed by atoms with Gasteiger partial charge in [0.15, 0.2) is 0 Å². The number of primary amides is 1. The lowest BCUT2D eigenvalue weighted by molar-refractivity contribution is -0.121. The summed E-state index contributed by atoms with van der Waals surface area (Å²) in [6.07, 6.45) is 2.64. The van der Waals surface area contributed by atoms with Crippen LogP contribution in [0.5, 0.6) is 0 Å². The van der Waals surface area contributed by atoms with Crippen molar-refractivity contribution in [3.8, 4) is 0 Å². The SMILES string of the molecule is NC(=O)[C@H]1CCN(c2ccnc3cc(Br)ccc23)C1. The molecule has 3 rings (SSSR count). The van der Waals surface area contributed by atoms with E-state index in [-0.39, 0.29) is 11.8 Å². The van der Waals surface area contributed by atoms with Gasteiger partial charge in [0.25, 0.3) is 0 Å². The maximum absolute atomic E-state index is 11.3. The zero-order chi connectivity index (χ0) is 13.4. The highest BCUT2D eigenvalue weighted by Gasteiger charge is 2.27. The molecule has 5 heteroatoms. The van der Waals surface area contributed by atoms with Crippen molar-refractivity contribution in [2.45, 2.75) is 6.42 Å². The Morgan fingerprint density at radius 1 is 1.42 bits per heavy atom. The Balaban J connectivity index is 2.00. The van der Waals surface area contributed by atoms with Crippen LogP contribution in [0.2, 0.25) is 0 Å². The number of anilines is 1. The largest absolute Gasteiger partial charge is 0.370 e. The molecule has 0 spiro atoms. The van der Waals surface area contributed by atoms with Crippen molar-refractivity contribution < 1.29 is 4.79 Å². The van der Waals surface area contributed by atoms with E-state index in [9.17, 15) is 4.79 Å². The van der Waals surface area contributed by atoms with Crippen molar-refractivity contribution in [3.63, 3.8) is 0 Å². The number of nitrogens with zero attached hydrogens (tertiary/aromatic N) is 2. The summed E-state index contributed by atoms with van der Waals surface area (Å²) < 4.78 is 1.01. The molecule has 0 bridgehead atoms. The number of aromatic nitrogens is 1. The van der Waals surface area contributed by atoms with Gasteiger partial charge in [-0.25, -0.2) is 0 Å². The quantitative estimate of drug-likeness (QED) is 0.924. The number of rotatable bonds is 2. The lowest BCUT2D eigenvalue weighted by atomic mass is 10.1. The van der Waals surface area contributed by atoms with Crippen LogP contribution in [0, 0.1) is 5.92 Å². The first-order valence-electron chi connectivity index (χ1n) is 6.23. The van der Waals surface area contributed by atoms with Gasteiger partial charge in [-0.05, 0) is 30.7 Å². The highest BCUT2D eigenvalue weighted by Crippen LogP contribution is 2.31. The monoisotopic (exact) mass is 319 g/mol. The minimum Gasteiger partial charge on any atom is -0.370 e. The first-order valence-corrected chi connectivity index (χ1v) is 7.03. The van der Waals surface area contributed by atoms with Gasteiger partial charge in [0.05, 0.1) is 11.4 Å². The van der Waals surface area contributed by atoms with E-state index in [1.165, 1.54) is 0 Å². The molecule has 1 saturated heterocycles. The highest BCUT2D eigenvalue weighted by molar-refractivity contribution is 9.10. The molecular formula is C14H14BrN3O. The van der Waals surface area contributed by atoms with Crippen molar-refractivity contribution >= 4 is 38.4 Å². The van der Waals surface area contributed by atoms with E-state index in [0.29, 0.717) is 6.54 Å². The third kappa shape index (κ3) is 2.30. The second-order valence-corrected chi connectivity index (χ2v) is 5.74. The Morgan fingerprint density at radius 2 is 2.26 bits per heavy atom. The number of nitrogens with two attached hydrogens (primary N) is 1. The Morgan fingerprint density at radius 3 is 3.00 bits per heavy atom. The van der Waals surface area contributed by atoms with Crippen molar-refractivity contribution in [2.24, 2.45) is 11.7 Å². The second-order valence-electron chi connectivity index (χ2n) is 4.83. The summed E-state index contributed by atoms with van der Waals surface area (Å²) in [4.78, 5) is 17.9. The number of halogens is 1. The molecule has 2 heterocycles. The van der Waals surface area contributed by atoms with Gasteiger partial charge in [0, 0.05) is 34.8 Å². The van der Waals surface area contributed by atoms with E-state index in [4.69, 9.17) is 5.73 Å². The Kier molecular flexibility index (Phi) is 3.14. The lowest BCUT2D eigenvalue weighted by Crippen LogP contribution is -2.27. The predicted molar refractivity (Wildman–Crippen MR) is 79.0 cm³/mol. The molecule has 2 N–H and O–H groups in total. The standard InChI is InChI=1S/C14H14BrN3O/c15-10-1-2-11-12(7-10)17-5-3-13(11)18-6-4-9(8-18)14(16)19/h1-3,5,7,9H,4,6,8H2,(H2,16,19)/t9-/m0/s1. The van der Waals surface area contributed by atoms with Crippen LogP contribution in [-0.2, 0) is 4.79 Å². The first kappa shape index (κ1) is 12.4. The van der Waals surface area contributed by atoms with Crippen LogP contribution in [0.3, 0.4) is 0 Å². The van der Waals surface area contributed by atoms with E-state index in [2.05, 4.69) is 31.9 Å². The van der Waals surface area contributed by atoms with Crippen LogP contribution in [-0.4, -0.2) is 24.0 Å². The third-order valence-electron chi connectivity index (χ3n) is 3.61. The van der Waals surface area contributed by atoms with Gasteiger partial charge < -0.3 is 10.6 Å². The predicted octanol–water partition coefficient (Wildman–Crippen LogP) is 2.31. The van der Waals surface area contributed by atoms with Gasteiger partial charge >= 0.3 is 0 Å². The van der Waals surface area contributed by atoms with E-state index in [1.807, 2.05) is 24.4 Å². The van der Waals surface area contributed by atoms with Crippen LogP contribution in [0.15, 0.2) is 34.9 Å². The van der Waals surface area contributed by atoms with Gasteiger partial charge in [-0.3, -0.25) is 9.78 Å². The van der Waals surface area contributed by atoms with Gasteiger partial charge in [0.1, 0.15) is 0 Å². The lowest BCUT2D eigenvalue weighted by Gasteiger charge is -2.20. The minimum atomic E-state index is -0.205. The zero-order valence-corrected chi connectivity index (χ0v) is 11.9. The van der Waals surface area contributed by atoms with Crippen LogP contribution in [0.4, 0.5) is 5.69 Å². The Bertz CT molecular complexity index is 644. The highest BCUT2D eigenvalue weighted by atomic mass is 79.9. The molecule has 0 radical (unpaired) electrons. The average molecular weight is 320 g/mol. The maximum Gasteiger partial charge on any atom is 0.222 e. The van der Waals surface area contributed by atoms with Crippen molar-refractivity contribution in [1.82, 2.24) is 4.98 Å². The van der Waals surface area contributed by atoms with E-state index in [1.54, 1.807) is 0 Å². The molecule has 1 atom stereocenters. The molecule has 0 unspecified atom stereocenters. The minimum absolute atomic E-state index is 0.0429. The molecule has 98 valence electrons. The van der Waals surface area contributed by atoms with Gasteiger partial charge in [-0.2, -0.15) is 0 Å². The zero-order valence-electron chi connectivity index (χ0n) is 10.3. The summed E-state index contributed by atoms with van der Waals surface area (Å²) >= 11 is 3.45. The number of fused-ring (bicyclic) bond motifs is 1. The van der Waals surface area contributed by atoms with E-state index < -0.39 is 0 Å². The number of benzene rings is 1. The fraction of sp³-hybridized carbons (Fsp3) is 0.286. The van der Waals surface area contributed by atoms with E-state index in [0.717, 1.165) is 34.0 Å². The maximum atomic E-state index is 11.3. The third-order valence-corrected chi connectivity index (χ3v) is 4.11. The summed E-state index contributed by atoms with van der Waals surface area (Å²) in [7, 11) is 0.